The van der Waals surface area contributed by atoms with Gasteiger partial charge in [-0.2, -0.15) is 0 Å². The van der Waals surface area contributed by atoms with Gasteiger partial charge in [0.25, 0.3) is 0 Å². The Bertz CT molecular complexity index is 974. The number of benzene rings is 3. The van der Waals surface area contributed by atoms with Gasteiger partial charge >= 0.3 is 5.97 Å². The molecule has 0 spiro atoms. The minimum absolute atomic E-state index is 0.0536. The Hall–Kier alpha value is -3.13. The molecule has 0 bridgehead atoms. The molecule has 0 heterocycles. The van der Waals surface area contributed by atoms with E-state index < -0.39 is 5.97 Å². The standard InChI is InChI=1S/C25H28O7/c1-2-23(27)30-17-15-28-13-14-29-16-18-32-25-21-9-5-3-7-19(21)24(31-12-11-26)20-8-4-6-10-22(20)25/h2-10,26H,1,11-18H2. The lowest BCUT2D eigenvalue weighted by atomic mass is 10.0. The number of fused-ring (bicyclic) bond motifs is 2. The van der Waals surface area contributed by atoms with Gasteiger partial charge in [0.1, 0.15) is 31.3 Å². The van der Waals surface area contributed by atoms with Crippen LogP contribution in [-0.4, -0.2) is 63.9 Å². The minimum atomic E-state index is -0.463. The number of rotatable bonds is 14. The number of esters is 1. The van der Waals surface area contributed by atoms with Gasteiger partial charge in [0.05, 0.1) is 33.0 Å². The number of carbonyl (C=O) groups is 1. The number of aliphatic hydroxyl groups excluding tert-OH is 1. The van der Waals surface area contributed by atoms with Crippen molar-refractivity contribution in [3.63, 3.8) is 0 Å². The molecule has 7 nitrogen and oxygen atoms in total. The Morgan fingerprint density at radius 3 is 1.62 bits per heavy atom. The van der Waals surface area contributed by atoms with E-state index in [1.165, 1.54) is 0 Å². The maximum Gasteiger partial charge on any atom is 0.330 e. The van der Waals surface area contributed by atoms with Crippen LogP contribution in [0.2, 0.25) is 0 Å². The molecular formula is C25H28O7. The summed E-state index contributed by atoms with van der Waals surface area (Å²) in [6, 6.07) is 15.8. The average molecular weight is 440 g/mol. The molecule has 7 heteroatoms. The zero-order valence-electron chi connectivity index (χ0n) is 18.0. The lowest BCUT2D eigenvalue weighted by Crippen LogP contribution is -2.14. The fourth-order valence-electron chi connectivity index (χ4n) is 3.29. The van der Waals surface area contributed by atoms with E-state index >= 15 is 0 Å². The second kappa shape index (κ2) is 12.7. The molecule has 0 aromatic heterocycles. The summed E-state index contributed by atoms with van der Waals surface area (Å²) < 4.78 is 27.8. The third kappa shape index (κ3) is 6.20. The molecule has 0 unspecified atom stereocenters. The number of carbonyl (C=O) groups excluding carboxylic acids is 1. The average Bonchev–Trinajstić information content (AvgIpc) is 2.83. The van der Waals surface area contributed by atoms with Crippen molar-refractivity contribution < 1.29 is 33.6 Å². The maximum absolute atomic E-state index is 10.9. The van der Waals surface area contributed by atoms with Crippen molar-refractivity contribution in [2.45, 2.75) is 0 Å². The molecule has 3 aromatic rings. The van der Waals surface area contributed by atoms with Crippen molar-refractivity contribution in [2.24, 2.45) is 0 Å². The maximum atomic E-state index is 10.9. The number of ether oxygens (including phenoxy) is 5. The SMILES string of the molecule is C=CC(=O)OCCOCCOCCOc1c2ccccc2c(OCCO)c2ccccc12. The summed E-state index contributed by atoms with van der Waals surface area (Å²) in [6.45, 7) is 5.58. The van der Waals surface area contributed by atoms with E-state index in [0.717, 1.165) is 39.1 Å². The molecule has 0 saturated heterocycles. The summed E-state index contributed by atoms with van der Waals surface area (Å²) >= 11 is 0. The summed E-state index contributed by atoms with van der Waals surface area (Å²) in [5, 5.41) is 13.0. The molecule has 1 N–H and O–H groups in total. The van der Waals surface area contributed by atoms with Crippen LogP contribution >= 0.6 is 0 Å². The van der Waals surface area contributed by atoms with Gasteiger partial charge in [-0.05, 0) is 0 Å². The third-order valence-electron chi connectivity index (χ3n) is 4.66. The summed E-state index contributed by atoms with van der Waals surface area (Å²) in [4.78, 5) is 10.9. The minimum Gasteiger partial charge on any atom is -0.490 e. The normalized spacial score (nSPS) is 10.9. The largest absolute Gasteiger partial charge is 0.490 e. The Kier molecular flexibility index (Phi) is 9.31. The second-order valence-corrected chi connectivity index (χ2v) is 6.77. The number of hydrogen-bond donors (Lipinski definition) is 1. The molecule has 0 amide bonds. The van der Waals surface area contributed by atoms with Crippen LogP contribution in [-0.2, 0) is 19.0 Å². The first-order chi connectivity index (χ1) is 15.8. The smallest absolute Gasteiger partial charge is 0.330 e. The summed E-state index contributed by atoms with van der Waals surface area (Å²) in [6.07, 6.45) is 1.12. The molecular weight excluding hydrogens is 412 g/mol. The number of hydrogen-bond acceptors (Lipinski definition) is 7. The van der Waals surface area contributed by atoms with Crippen molar-refractivity contribution in [3.8, 4) is 11.5 Å². The highest BCUT2D eigenvalue weighted by Gasteiger charge is 2.15. The van der Waals surface area contributed by atoms with Gasteiger partial charge < -0.3 is 28.8 Å². The van der Waals surface area contributed by atoms with Gasteiger partial charge in [-0.25, -0.2) is 4.79 Å². The first kappa shape index (κ1) is 23.5. The predicted octanol–water partition coefficient (Wildman–Crippen LogP) is 3.51. The van der Waals surface area contributed by atoms with Crippen LogP contribution in [0.25, 0.3) is 21.5 Å². The molecule has 0 saturated carbocycles. The van der Waals surface area contributed by atoms with Gasteiger partial charge in [-0.1, -0.05) is 55.1 Å². The molecule has 32 heavy (non-hydrogen) atoms. The Labute approximate surface area is 187 Å². The van der Waals surface area contributed by atoms with E-state index in [-0.39, 0.29) is 19.8 Å². The predicted molar refractivity (Wildman–Crippen MR) is 122 cm³/mol. The van der Waals surface area contributed by atoms with E-state index in [0.29, 0.717) is 33.0 Å². The molecule has 3 rings (SSSR count). The van der Waals surface area contributed by atoms with Crippen LogP contribution in [0, 0.1) is 0 Å². The zero-order valence-corrected chi connectivity index (χ0v) is 18.0. The Morgan fingerprint density at radius 2 is 1.16 bits per heavy atom. The number of aliphatic hydroxyl groups is 1. The quantitative estimate of drug-likeness (QED) is 0.178. The van der Waals surface area contributed by atoms with Gasteiger partial charge in [0.2, 0.25) is 0 Å². The molecule has 0 radical (unpaired) electrons. The molecule has 0 aliphatic rings. The van der Waals surface area contributed by atoms with Gasteiger partial charge in [-0.15, -0.1) is 0 Å². The summed E-state index contributed by atoms with van der Waals surface area (Å²) in [7, 11) is 0. The van der Waals surface area contributed by atoms with Crippen LogP contribution in [0.3, 0.4) is 0 Å². The van der Waals surface area contributed by atoms with Crippen molar-refractivity contribution in [3.05, 3.63) is 61.2 Å². The van der Waals surface area contributed by atoms with E-state index in [1.807, 2.05) is 48.5 Å². The van der Waals surface area contributed by atoms with Crippen LogP contribution in [0.1, 0.15) is 0 Å². The van der Waals surface area contributed by atoms with Gasteiger partial charge in [-0.3, -0.25) is 0 Å². The molecule has 0 aliphatic heterocycles. The first-order valence-electron chi connectivity index (χ1n) is 10.5. The van der Waals surface area contributed by atoms with Gasteiger partial charge in [0.15, 0.2) is 0 Å². The van der Waals surface area contributed by atoms with E-state index in [1.54, 1.807) is 0 Å². The van der Waals surface area contributed by atoms with E-state index in [4.69, 9.17) is 23.7 Å². The molecule has 0 atom stereocenters. The topological polar surface area (TPSA) is 83.5 Å². The highest BCUT2D eigenvalue weighted by molar-refractivity contribution is 6.11. The highest BCUT2D eigenvalue weighted by Crippen LogP contribution is 2.42. The molecule has 170 valence electrons. The Balaban J connectivity index is 1.57. The van der Waals surface area contributed by atoms with Crippen molar-refractivity contribution in [1.29, 1.82) is 0 Å². The van der Waals surface area contributed by atoms with E-state index in [2.05, 4.69) is 6.58 Å². The van der Waals surface area contributed by atoms with Crippen LogP contribution < -0.4 is 9.47 Å². The zero-order chi connectivity index (χ0) is 22.6. The first-order valence-corrected chi connectivity index (χ1v) is 10.5. The molecule has 0 fully saturated rings. The fourth-order valence-corrected chi connectivity index (χ4v) is 3.29. The molecule has 3 aromatic carbocycles. The second-order valence-electron chi connectivity index (χ2n) is 6.77. The lowest BCUT2D eigenvalue weighted by Gasteiger charge is -2.17. The van der Waals surface area contributed by atoms with Crippen LogP contribution in [0.15, 0.2) is 61.2 Å². The van der Waals surface area contributed by atoms with Crippen molar-refractivity contribution >= 4 is 27.5 Å². The summed E-state index contributed by atoms with van der Waals surface area (Å²) in [5.74, 6) is 1.05. The van der Waals surface area contributed by atoms with Crippen LogP contribution in [0.4, 0.5) is 0 Å². The monoisotopic (exact) mass is 440 g/mol. The lowest BCUT2D eigenvalue weighted by molar-refractivity contribution is -0.139. The Morgan fingerprint density at radius 1 is 0.719 bits per heavy atom. The van der Waals surface area contributed by atoms with Crippen LogP contribution in [0.5, 0.6) is 11.5 Å². The fraction of sp³-hybridized carbons (Fsp3) is 0.320. The van der Waals surface area contributed by atoms with Crippen molar-refractivity contribution in [2.75, 3.05) is 52.9 Å². The summed E-state index contributed by atoms with van der Waals surface area (Å²) in [5.41, 5.74) is 0. The molecule has 0 aliphatic carbocycles. The van der Waals surface area contributed by atoms with E-state index in [9.17, 15) is 9.90 Å². The van der Waals surface area contributed by atoms with Crippen molar-refractivity contribution in [1.82, 2.24) is 0 Å². The highest BCUT2D eigenvalue weighted by atomic mass is 16.6. The van der Waals surface area contributed by atoms with Gasteiger partial charge in [0, 0.05) is 27.6 Å². The third-order valence-corrected chi connectivity index (χ3v) is 4.66.